The van der Waals surface area contributed by atoms with Gasteiger partial charge in [0.25, 0.3) is 5.91 Å². The van der Waals surface area contributed by atoms with E-state index in [9.17, 15) is 4.79 Å². The smallest absolute Gasteiger partial charge is 0.262 e. The molecular weight excluding hydrogens is 298 g/mol. The fourth-order valence-electron chi connectivity index (χ4n) is 3.05. The van der Waals surface area contributed by atoms with Gasteiger partial charge in [0.1, 0.15) is 10.7 Å². The summed E-state index contributed by atoms with van der Waals surface area (Å²) in [6.45, 7) is 8.61. The summed E-state index contributed by atoms with van der Waals surface area (Å²) in [5, 5.41) is 4.08. The number of rotatable bonds is 3. The summed E-state index contributed by atoms with van der Waals surface area (Å²) >= 11 is 1.44. The van der Waals surface area contributed by atoms with E-state index in [1.807, 2.05) is 27.7 Å². The van der Waals surface area contributed by atoms with Crippen LogP contribution in [0, 0.1) is 20.8 Å². The van der Waals surface area contributed by atoms with Crippen LogP contribution in [-0.4, -0.2) is 34.6 Å². The molecule has 3 heterocycles. The van der Waals surface area contributed by atoms with Crippen LogP contribution in [0.4, 0.5) is 0 Å². The molecule has 5 nitrogen and oxygen atoms in total. The summed E-state index contributed by atoms with van der Waals surface area (Å²) in [6, 6.07) is 0.0218. The van der Waals surface area contributed by atoms with Gasteiger partial charge < -0.3 is 10.1 Å². The summed E-state index contributed by atoms with van der Waals surface area (Å²) in [4.78, 5) is 23.1. The fraction of sp³-hybridized carbons (Fsp3) is 0.562. The van der Waals surface area contributed by atoms with E-state index in [1.54, 1.807) is 0 Å². The molecule has 0 spiro atoms. The molecule has 1 aliphatic rings. The van der Waals surface area contributed by atoms with Crippen LogP contribution in [0.3, 0.4) is 0 Å². The molecule has 0 radical (unpaired) electrons. The van der Waals surface area contributed by atoms with Gasteiger partial charge in [-0.05, 0) is 46.1 Å². The minimum absolute atomic E-state index is 0.0218. The van der Waals surface area contributed by atoms with Crippen molar-refractivity contribution in [3.05, 3.63) is 22.0 Å². The van der Waals surface area contributed by atoms with E-state index < -0.39 is 0 Å². The van der Waals surface area contributed by atoms with Gasteiger partial charge in [-0.3, -0.25) is 4.79 Å². The van der Waals surface area contributed by atoms with Crippen LogP contribution in [-0.2, 0) is 4.74 Å². The Labute approximate surface area is 134 Å². The van der Waals surface area contributed by atoms with Gasteiger partial charge in [0.2, 0.25) is 0 Å². The second-order valence-corrected chi connectivity index (χ2v) is 6.91. The molecule has 2 aromatic heterocycles. The number of carbonyl (C=O) groups excluding carboxylic acids is 1. The van der Waals surface area contributed by atoms with E-state index >= 15 is 0 Å². The van der Waals surface area contributed by atoms with Crippen molar-refractivity contribution in [2.45, 2.75) is 52.7 Å². The number of aromatic nitrogens is 2. The zero-order valence-corrected chi connectivity index (χ0v) is 14.2. The van der Waals surface area contributed by atoms with Gasteiger partial charge in [0, 0.05) is 17.7 Å². The molecule has 6 heteroatoms. The van der Waals surface area contributed by atoms with Crippen molar-refractivity contribution >= 4 is 27.5 Å². The van der Waals surface area contributed by atoms with Crippen LogP contribution >= 0.6 is 11.3 Å². The molecule has 2 unspecified atom stereocenters. The molecule has 0 aromatic carbocycles. The summed E-state index contributed by atoms with van der Waals surface area (Å²) in [5.41, 5.74) is 1.90. The number of hydrogen-bond donors (Lipinski definition) is 1. The lowest BCUT2D eigenvalue weighted by atomic mass is 10.1. The Hall–Kier alpha value is -1.53. The third-order valence-corrected chi connectivity index (χ3v) is 5.35. The van der Waals surface area contributed by atoms with Crippen molar-refractivity contribution in [2.24, 2.45) is 0 Å². The molecule has 1 amide bonds. The van der Waals surface area contributed by atoms with Crippen molar-refractivity contribution in [1.29, 1.82) is 0 Å². The van der Waals surface area contributed by atoms with E-state index in [4.69, 9.17) is 4.74 Å². The molecule has 1 aliphatic heterocycles. The highest BCUT2D eigenvalue weighted by atomic mass is 32.1. The van der Waals surface area contributed by atoms with Crippen molar-refractivity contribution in [1.82, 2.24) is 15.3 Å². The molecule has 118 valence electrons. The van der Waals surface area contributed by atoms with Gasteiger partial charge in [0.15, 0.2) is 0 Å². The number of amides is 1. The number of hydrogen-bond acceptors (Lipinski definition) is 5. The van der Waals surface area contributed by atoms with Crippen LogP contribution in [0.1, 0.15) is 46.5 Å². The Morgan fingerprint density at radius 2 is 2.14 bits per heavy atom. The Kier molecular flexibility index (Phi) is 4.14. The van der Waals surface area contributed by atoms with Gasteiger partial charge in [-0.25, -0.2) is 9.97 Å². The monoisotopic (exact) mass is 319 g/mol. The minimum Gasteiger partial charge on any atom is -0.376 e. The van der Waals surface area contributed by atoms with E-state index in [0.717, 1.165) is 51.6 Å². The van der Waals surface area contributed by atoms with E-state index in [1.165, 1.54) is 11.3 Å². The number of fused-ring (bicyclic) bond motifs is 1. The predicted molar refractivity (Wildman–Crippen MR) is 87.5 cm³/mol. The highest BCUT2D eigenvalue weighted by molar-refractivity contribution is 7.20. The average Bonchev–Trinajstić information content (AvgIpc) is 3.06. The van der Waals surface area contributed by atoms with Gasteiger partial charge in [-0.2, -0.15) is 0 Å². The Bertz CT molecular complexity index is 720. The van der Waals surface area contributed by atoms with Crippen molar-refractivity contribution in [3.8, 4) is 0 Å². The first-order chi connectivity index (χ1) is 10.5. The lowest BCUT2D eigenvalue weighted by molar-refractivity contribution is 0.0714. The summed E-state index contributed by atoms with van der Waals surface area (Å²) in [5.74, 6) is 0.700. The van der Waals surface area contributed by atoms with Crippen LogP contribution in [0.25, 0.3) is 10.2 Å². The Morgan fingerprint density at radius 1 is 1.36 bits per heavy atom. The maximum atomic E-state index is 12.6. The Morgan fingerprint density at radius 3 is 2.82 bits per heavy atom. The molecule has 0 aliphatic carbocycles. The first-order valence-electron chi connectivity index (χ1n) is 7.64. The van der Waals surface area contributed by atoms with Gasteiger partial charge in [-0.1, -0.05) is 0 Å². The molecule has 2 atom stereocenters. The van der Waals surface area contributed by atoms with E-state index in [2.05, 4.69) is 15.3 Å². The number of nitrogens with one attached hydrogen (secondary N) is 1. The predicted octanol–water partition coefficient (Wildman–Crippen LogP) is 2.91. The fourth-order valence-corrected chi connectivity index (χ4v) is 4.23. The van der Waals surface area contributed by atoms with Crippen LogP contribution in [0.2, 0.25) is 0 Å². The molecule has 1 saturated heterocycles. The highest BCUT2D eigenvalue weighted by Gasteiger charge is 2.26. The molecular formula is C16H21N3O2S. The second kappa shape index (κ2) is 5.93. The maximum absolute atomic E-state index is 12.6. The third kappa shape index (κ3) is 2.73. The highest BCUT2D eigenvalue weighted by Crippen LogP contribution is 2.31. The summed E-state index contributed by atoms with van der Waals surface area (Å²) in [7, 11) is 0. The quantitative estimate of drug-likeness (QED) is 0.945. The molecule has 0 saturated carbocycles. The number of nitrogens with zero attached hydrogens (tertiary/aromatic N) is 2. The second-order valence-electron chi connectivity index (χ2n) is 5.91. The standard InChI is InChI=1S/C16H21N3O2S/c1-8-13-10(3)17-11(4)19-16(13)22-14(8)15(20)18-9(2)12-6-5-7-21-12/h9,12H,5-7H2,1-4H3,(H,18,20). The largest absolute Gasteiger partial charge is 0.376 e. The SMILES string of the molecule is Cc1nc(C)c2c(C)c(C(=O)NC(C)C3CCCO3)sc2n1. The number of carbonyl (C=O) groups is 1. The molecule has 22 heavy (non-hydrogen) atoms. The van der Waals surface area contributed by atoms with Crippen LogP contribution in [0.15, 0.2) is 0 Å². The number of ether oxygens (including phenoxy) is 1. The summed E-state index contributed by atoms with van der Waals surface area (Å²) < 4.78 is 5.64. The van der Waals surface area contributed by atoms with Gasteiger partial charge in [0.05, 0.1) is 17.0 Å². The third-order valence-electron chi connectivity index (χ3n) is 4.17. The maximum Gasteiger partial charge on any atom is 0.262 e. The van der Waals surface area contributed by atoms with E-state index in [0.29, 0.717) is 0 Å². The molecule has 0 bridgehead atoms. The van der Waals surface area contributed by atoms with Crippen molar-refractivity contribution in [2.75, 3.05) is 6.61 Å². The van der Waals surface area contributed by atoms with Gasteiger partial charge >= 0.3 is 0 Å². The number of aryl methyl sites for hydroxylation is 3. The van der Waals surface area contributed by atoms with Crippen LogP contribution < -0.4 is 5.32 Å². The minimum atomic E-state index is -0.0412. The first kappa shape index (κ1) is 15.4. The molecule has 1 N–H and O–H groups in total. The molecule has 1 fully saturated rings. The van der Waals surface area contributed by atoms with Crippen LogP contribution in [0.5, 0.6) is 0 Å². The van der Waals surface area contributed by atoms with Gasteiger partial charge in [-0.15, -0.1) is 11.3 Å². The topological polar surface area (TPSA) is 64.1 Å². The zero-order valence-electron chi connectivity index (χ0n) is 13.4. The molecule has 2 aromatic rings. The Balaban J connectivity index is 1.87. The first-order valence-corrected chi connectivity index (χ1v) is 8.46. The zero-order chi connectivity index (χ0) is 15.9. The lowest BCUT2D eigenvalue weighted by Crippen LogP contribution is -2.40. The van der Waals surface area contributed by atoms with E-state index in [-0.39, 0.29) is 18.1 Å². The lowest BCUT2D eigenvalue weighted by Gasteiger charge is -2.19. The number of thiophene rings is 1. The van der Waals surface area contributed by atoms with Crippen molar-refractivity contribution < 1.29 is 9.53 Å². The molecule has 3 rings (SSSR count). The normalized spacial score (nSPS) is 19.5. The average molecular weight is 319 g/mol. The summed E-state index contributed by atoms with van der Waals surface area (Å²) in [6.07, 6.45) is 2.21. The van der Waals surface area contributed by atoms with Crippen molar-refractivity contribution in [3.63, 3.8) is 0 Å².